The van der Waals surface area contributed by atoms with E-state index < -0.39 is 11.2 Å². The topological polar surface area (TPSA) is 54.9 Å². The molecule has 0 bridgehead atoms. The molecule has 4 heteroatoms. The lowest BCUT2D eigenvalue weighted by Gasteiger charge is -2.21. The van der Waals surface area contributed by atoms with E-state index in [9.17, 15) is 9.59 Å². The van der Waals surface area contributed by atoms with Gasteiger partial charge in [0.05, 0.1) is 0 Å². The first-order chi connectivity index (χ1) is 7.36. The Hall–Kier alpha value is -1.76. The monoisotopic (exact) mass is 220 g/mol. The molecule has 1 aromatic heterocycles. The maximum atomic E-state index is 11.6. The van der Waals surface area contributed by atoms with E-state index in [0.29, 0.717) is 12.0 Å². The Morgan fingerprint density at radius 3 is 2.50 bits per heavy atom. The van der Waals surface area contributed by atoms with Crippen LogP contribution >= 0.6 is 0 Å². The van der Waals surface area contributed by atoms with Crippen molar-refractivity contribution in [2.45, 2.75) is 39.7 Å². The first-order valence-electron chi connectivity index (χ1n) is 5.21. The minimum atomic E-state index is -0.425. The summed E-state index contributed by atoms with van der Waals surface area (Å²) >= 11 is 0. The minimum absolute atomic E-state index is 0.330. The molecule has 86 valence electrons. The second-order valence-corrected chi connectivity index (χ2v) is 4.50. The molecule has 0 saturated heterocycles. The third-order valence-corrected chi connectivity index (χ3v) is 2.06. The Morgan fingerprint density at radius 2 is 2.00 bits per heavy atom. The maximum absolute atomic E-state index is 11.6. The summed E-state index contributed by atoms with van der Waals surface area (Å²) in [7, 11) is 0. The van der Waals surface area contributed by atoms with E-state index in [4.69, 9.17) is 0 Å². The minimum Gasteiger partial charge on any atom is -0.294 e. The molecule has 0 aliphatic carbocycles. The van der Waals surface area contributed by atoms with Crippen LogP contribution in [0.25, 0.3) is 0 Å². The van der Waals surface area contributed by atoms with Crippen molar-refractivity contribution in [3.8, 4) is 11.8 Å². The lowest BCUT2D eigenvalue weighted by Crippen LogP contribution is -2.39. The van der Waals surface area contributed by atoms with Crippen molar-refractivity contribution in [2.75, 3.05) is 0 Å². The summed E-state index contributed by atoms with van der Waals surface area (Å²) in [6, 6.07) is 0. The fourth-order valence-electron chi connectivity index (χ4n) is 1.24. The summed E-state index contributed by atoms with van der Waals surface area (Å²) in [5.41, 5.74) is -0.869. The van der Waals surface area contributed by atoms with Crippen LogP contribution in [-0.4, -0.2) is 9.55 Å². The third-order valence-electron chi connectivity index (χ3n) is 2.06. The molecular formula is C12H16N2O2. The summed E-state index contributed by atoms with van der Waals surface area (Å²) in [4.78, 5) is 25.3. The average Bonchev–Trinajstić information content (AvgIpc) is 2.14. The predicted molar refractivity (Wildman–Crippen MR) is 63.5 cm³/mol. The number of rotatable bonds is 0. The quantitative estimate of drug-likeness (QED) is 0.664. The molecule has 0 fully saturated rings. The van der Waals surface area contributed by atoms with E-state index in [2.05, 4.69) is 16.8 Å². The number of hydrogen-bond acceptors (Lipinski definition) is 2. The first-order valence-corrected chi connectivity index (χ1v) is 5.21. The zero-order valence-corrected chi connectivity index (χ0v) is 10.0. The summed E-state index contributed by atoms with van der Waals surface area (Å²) < 4.78 is 1.48. The molecule has 1 heterocycles. The fourth-order valence-corrected chi connectivity index (χ4v) is 1.24. The lowest BCUT2D eigenvalue weighted by atomic mass is 10.1. The summed E-state index contributed by atoms with van der Waals surface area (Å²) in [6.07, 6.45) is 2.19. The number of nitrogens with zero attached hydrogens (tertiary/aromatic N) is 1. The second-order valence-electron chi connectivity index (χ2n) is 4.50. The number of H-pyrrole nitrogens is 1. The highest BCUT2D eigenvalue weighted by Crippen LogP contribution is 2.09. The van der Waals surface area contributed by atoms with E-state index in [1.54, 1.807) is 0 Å². The van der Waals surface area contributed by atoms with E-state index >= 15 is 0 Å². The van der Waals surface area contributed by atoms with Gasteiger partial charge in [0, 0.05) is 18.2 Å². The summed E-state index contributed by atoms with van der Waals surface area (Å²) in [6.45, 7) is 7.58. The molecule has 0 unspecified atom stereocenters. The number of aromatic nitrogens is 2. The Bertz CT molecular complexity index is 547. The van der Waals surface area contributed by atoms with Crippen LogP contribution in [0.3, 0.4) is 0 Å². The van der Waals surface area contributed by atoms with Crippen molar-refractivity contribution in [2.24, 2.45) is 0 Å². The molecule has 0 saturated carbocycles. The molecule has 0 amide bonds. The summed E-state index contributed by atoms with van der Waals surface area (Å²) in [5, 5.41) is 0. The molecule has 0 atom stereocenters. The van der Waals surface area contributed by atoms with Crippen LogP contribution < -0.4 is 11.2 Å². The zero-order chi connectivity index (χ0) is 12.3. The molecule has 1 aromatic rings. The van der Waals surface area contributed by atoms with Crippen molar-refractivity contribution >= 4 is 0 Å². The third kappa shape index (κ3) is 2.63. The smallest absolute Gasteiger partial charge is 0.294 e. The Labute approximate surface area is 94.3 Å². The molecule has 4 nitrogen and oxygen atoms in total. The van der Waals surface area contributed by atoms with Crippen LogP contribution in [0.15, 0.2) is 15.8 Å². The van der Waals surface area contributed by atoms with Crippen molar-refractivity contribution in [1.29, 1.82) is 0 Å². The van der Waals surface area contributed by atoms with Gasteiger partial charge < -0.3 is 0 Å². The fraction of sp³-hybridized carbons (Fsp3) is 0.500. The molecule has 0 spiro atoms. The molecule has 1 rings (SSSR count). The van der Waals surface area contributed by atoms with Crippen LogP contribution in [0.5, 0.6) is 0 Å². The van der Waals surface area contributed by atoms with Crippen LogP contribution in [0.4, 0.5) is 0 Å². The van der Waals surface area contributed by atoms with Gasteiger partial charge in [-0.3, -0.25) is 14.3 Å². The van der Waals surface area contributed by atoms with Crippen LogP contribution in [0.1, 0.15) is 39.7 Å². The van der Waals surface area contributed by atoms with Crippen LogP contribution in [0, 0.1) is 11.8 Å². The zero-order valence-electron chi connectivity index (χ0n) is 10.0. The first kappa shape index (κ1) is 12.3. The van der Waals surface area contributed by atoms with Crippen LogP contribution in [-0.2, 0) is 5.54 Å². The molecule has 1 N–H and O–H groups in total. The number of nitrogens with one attached hydrogen (secondary N) is 1. The SMILES string of the molecule is CCC#Cc1cn(C(C)(C)C)c(=O)[nH]c1=O. The van der Waals surface area contributed by atoms with Crippen molar-refractivity contribution < 1.29 is 0 Å². The standard InChI is InChI=1S/C12H16N2O2/c1-5-6-7-9-8-14(12(2,3)4)11(16)13-10(9)15/h8H,5H2,1-4H3,(H,13,15,16). The normalized spacial score (nSPS) is 10.8. The highest BCUT2D eigenvalue weighted by Gasteiger charge is 2.15. The van der Waals surface area contributed by atoms with Gasteiger partial charge in [0.15, 0.2) is 0 Å². The molecule has 16 heavy (non-hydrogen) atoms. The molecule has 0 aliphatic rings. The van der Waals surface area contributed by atoms with Crippen LogP contribution in [0.2, 0.25) is 0 Å². The molecular weight excluding hydrogens is 204 g/mol. The molecule has 0 aliphatic heterocycles. The van der Waals surface area contributed by atoms with Crippen molar-refractivity contribution in [1.82, 2.24) is 9.55 Å². The lowest BCUT2D eigenvalue weighted by molar-refractivity contribution is 0.376. The van der Waals surface area contributed by atoms with Gasteiger partial charge in [-0.05, 0) is 20.8 Å². The molecule has 0 radical (unpaired) electrons. The van der Waals surface area contributed by atoms with Gasteiger partial charge in [-0.1, -0.05) is 18.8 Å². The maximum Gasteiger partial charge on any atom is 0.328 e. The van der Waals surface area contributed by atoms with Gasteiger partial charge in [-0.15, -0.1) is 0 Å². The van der Waals surface area contributed by atoms with Gasteiger partial charge in [0.25, 0.3) is 5.56 Å². The average molecular weight is 220 g/mol. The van der Waals surface area contributed by atoms with Gasteiger partial charge in [-0.25, -0.2) is 4.79 Å². The van der Waals surface area contributed by atoms with Gasteiger partial charge >= 0.3 is 5.69 Å². The van der Waals surface area contributed by atoms with Crippen molar-refractivity contribution in [3.05, 3.63) is 32.6 Å². The van der Waals surface area contributed by atoms with E-state index in [1.807, 2.05) is 27.7 Å². The number of hydrogen-bond donors (Lipinski definition) is 1. The van der Waals surface area contributed by atoms with Crippen molar-refractivity contribution in [3.63, 3.8) is 0 Å². The highest BCUT2D eigenvalue weighted by molar-refractivity contribution is 5.29. The Balaban J connectivity index is 3.45. The van der Waals surface area contributed by atoms with Gasteiger partial charge in [0.2, 0.25) is 0 Å². The Kier molecular flexibility index (Phi) is 3.38. The highest BCUT2D eigenvalue weighted by atomic mass is 16.2. The van der Waals surface area contributed by atoms with E-state index in [1.165, 1.54) is 10.8 Å². The largest absolute Gasteiger partial charge is 0.328 e. The predicted octanol–water partition coefficient (Wildman–Crippen LogP) is 1.05. The van der Waals surface area contributed by atoms with Gasteiger partial charge in [0.1, 0.15) is 5.56 Å². The number of aromatic amines is 1. The molecule has 0 aromatic carbocycles. The van der Waals surface area contributed by atoms with Gasteiger partial charge in [-0.2, -0.15) is 0 Å². The summed E-state index contributed by atoms with van der Waals surface area (Å²) in [5.74, 6) is 5.57. The second kappa shape index (κ2) is 4.40. The van der Waals surface area contributed by atoms with E-state index in [-0.39, 0.29) is 5.54 Å². The Morgan fingerprint density at radius 1 is 1.38 bits per heavy atom. The van der Waals surface area contributed by atoms with E-state index in [0.717, 1.165) is 0 Å².